The first kappa shape index (κ1) is 12.9. The average Bonchev–Trinajstić information content (AvgIpc) is 2.55. The minimum atomic E-state index is 0.218. The standard InChI is InChI=1S/C14H26N2O/c1-11(12-6-3-2-4-7-12)16-13-8-5-9-15-14(17)10-13/h11-13,16H,2-10H2,1H3,(H,15,17)/t11-,13?/m1/s1. The van der Waals surface area contributed by atoms with E-state index in [0.717, 1.165) is 25.3 Å². The molecule has 1 saturated carbocycles. The van der Waals surface area contributed by atoms with Crippen molar-refractivity contribution in [3.63, 3.8) is 0 Å². The second kappa shape index (κ2) is 6.39. The summed E-state index contributed by atoms with van der Waals surface area (Å²) < 4.78 is 0. The molecule has 0 aromatic carbocycles. The highest BCUT2D eigenvalue weighted by molar-refractivity contribution is 5.76. The smallest absolute Gasteiger partial charge is 0.221 e. The van der Waals surface area contributed by atoms with Gasteiger partial charge in [-0.25, -0.2) is 0 Å². The fraction of sp³-hybridized carbons (Fsp3) is 0.929. The molecule has 2 N–H and O–H groups in total. The van der Waals surface area contributed by atoms with Crippen molar-refractivity contribution >= 4 is 5.91 Å². The fourth-order valence-electron chi connectivity index (χ4n) is 3.26. The summed E-state index contributed by atoms with van der Waals surface area (Å²) in [5.41, 5.74) is 0. The van der Waals surface area contributed by atoms with Gasteiger partial charge in [-0.05, 0) is 38.5 Å². The molecule has 1 aliphatic carbocycles. The zero-order valence-corrected chi connectivity index (χ0v) is 11.0. The summed E-state index contributed by atoms with van der Waals surface area (Å²) >= 11 is 0. The third-order valence-electron chi connectivity index (χ3n) is 4.34. The number of nitrogens with one attached hydrogen (secondary N) is 2. The van der Waals surface area contributed by atoms with E-state index in [1.54, 1.807) is 0 Å². The molecule has 2 fully saturated rings. The van der Waals surface area contributed by atoms with Crippen LogP contribution in [0.15, 0.2) is 0 Å². The number of hydrogen-bond donors (Lipinski definition) is 2. The Labute approximate surface area is 105 Å². The Morgan fingerprint density at radius 3 is 2.71 bits per heavy atom. The first-order valence-corrected chi connectivity index (χ1v) is 7.28. The number of amides is 1. The summed E-state index contributed by atoms with van der Waals surface area (Å²) in [7, 11) is 0. The quantitative estimate of drug-likeness (QED) is 0.791. The van der Waals surface area contributed by atoms with Crippen molar-refractivity contribution in [1.29, 1.82) is 0 Å². The predicted octanol–water partition coefficient (Wildman–Crippen LogP) is 2.21. The maximum Gasteiger partial charge on any atom is 0.221 e. The highest BCUT2D eigenvalue weighted by Crippen LogP contribution is 2.26. The first-order valence-electron chi connectivity index (χ1n) is 7.28. The Hall–Kier alpha value is -0.570. The van der Waals surface area contributed by atoms with Crippen LogP contribution in [-0.2, 0) is 4.79 Å². The van der Waals surface area contributed by atoms with Crippen LogP contribution in [0.2, 0.25) is 0 Å². The van der Waals surface area contributed by atoms with E-state index in [9.17, 15) is 4.79 Å². The van der Waals surface area contributed by atoms with E-state index >= 15 is 0 Å². The molecule has 0 spiro atoms. The zero-order chi connectivity index (χ0) is 12.1. The molecular weight excluding hydrogens is 212 g/mol. The van der Waals surface area contributed by atoms with E-state index in [0.29, 0.717) is 18.5 Å². The zero-order valence-electron chi connectivity index (χ0n) is 11.0. The van der Waals surface area contributed by atoms with E-state index in [1.165, 1.54) is 32.1 Å². The number of hydrogen-bond acceptors (Lipinski definition) is 2. The molecule has 1 aliphatic heterocycles. The van der Waals surface area contributed by atoms with Crippen molar-refractivity contribution in [1.82, 2.24) is 10.6 Å². The molecule has 1 unspecified atom stereocenters. The largest absolute Gasteiger partial charge is 0.356 e. The highest BCUT2D eigenvalue weighted by atomic mass is 16.1. The van der Waals surface area contributed by atoms with Crippen LogP contribution in [0.4, 0.5) is 0 Å². The van der Waals surface area contributed by atoms with Gasteiger partial charge in [-0.1, -0.05) is 19.3 Å². The molecule has 17 heavy (non-hydrogen) atoms. The molecule has 0 aromatic rings. The number of rotatable bonds is 3. The van der Waals surface area contributed by atoms with Crippen molar-refractivity contribution in [2.75, 3.05) is 6.54 Å². The van der Waals surface area contributed by atoms with Gasteiger partial charge in [0.1, 0.15) is 0 Å². The van der Waals surface area contributed by atoms with Gasteiger partial charge in [0.15, 0.2) is 0 Å². The molecule has 1 saturated heterocycles. The van der Waals surface area contributed by atoms with Crippen molar-refractivity contribution in [3.8, 4) is 0 Å². The number of carbonyl (C=O) groups excluding carboxylic acids is 1. The van der Waals surface area contributed by atoms with E-state index < -0.39 is 0 Å². The lowest BCUT2D eigenvalue weighted by Gasteiger charge is -2.31. The lowest BCUT2D eigenvalue weighted by Crippen LogP contribution is -2.42. The van der Waals surface area contributed by atoms with Gasteiger partial charge in [0, 0.05) is 25.0 Å². The summed E-state index contributed by atoms with van der Waals surface area (Å²) in [4.78, 5) is 11.5. The SMILES string of the molecule is C[C@@H](NC1CCCNC(=O)C1)C1CCCCC1. The molecule has 0 bridgehead atoms. The molecular formula is C14H26N2O. The van der Waals surface area contributed by atoms with Gasteiger partial charge in [-0.3, -0.25) is 4.79 Å². The Bertz CT molecular complexity index is 249. The molecule has 98 valence electrons. The van der Waals surface area contributed by atoms with Crippen molar-refractivity contribution in [2.24, 2.45) is 5.92 Å². The molecule has 1 amide bonds. The Balaban J connectivity index is 1.79. The molecule has 1 heterocycles. The van der Waals surface area contributed by atoms with Crippen LogP contribution in [0.1, 0.15) is 58.3 Å². The van der Waals surface area contributed by atoms with Crippen molar-refractivity contribution in [3.05, 3.63) is 0 Å². The second-order valence-corrected chi connectivity index (χ2v) is 5.75. The third kappa shape index (κ3) is 3.98. The van der Waals surface area contributed by atoms with E-state index in [-0.39, 0.29) is 5.91 Å². The predicted molar refractivity (Wildman–Crippen MR) is 69.8 cm³/mol. The average molecular weight is 238 g/mol. The minimum Gasteiger partial charge on any atom is -0.356 e. The van der Waals surface area contributed by atoms with Crippen molar-refractivity contribution < 1.29 is 4.79 Å². The molecule has 0 aromatic heterocycles. The second-order valence-electron chi connectivity index (χ2n) is 5.75. The molecule has 2 rings (SSSR count). The first-order chi connectivity index (χ1) is 8.25. The van der Waals surface area contributed by atoms with Gasteiger partial charge in [0.05, 0.1) is 0 Å². The lowest BCUT2D eigenvalue weighted by atomic mass is 9.84. The van der Waals surface area contributed by atoms with Crippen LogP contribution in [-0.4, -0.2) is 24.5 Å². The van der Waals surface area contributed by atoms with Gasteiger partial charge in [-0.2, -0.15) is 0 Å². The van der Waals surface area contributed by atoms with Crippen LogP contribution in [0.25, 0.3) is 0 Å². The van der Waals surface area contributed by atoms with Crippen LogP contribution in [0, 0.1) is 5.92 Å². The van der Waals surface area contributed by atoms with Gasteiger partial charge in [0.25, 0.3) is 0 Å². The van der Waals surface area contributed by atoms with Gasteiger partial charge in [0.2, 0.25) is 5.91 Å². The van der Waals surface area contributed by atoms with E-state index in [4.69, 9.17) is 0 Å². The summed E-state index contributed by atoms with van der Waals surface area (Å²) in [6.07, 6.45) is 9.84. The van der Waals surface area contributed by atoms with Gasteiger partial charge < -0.3 is 10.6 Å². The molecule has 2 aliphatic rings. The topological polar surface area (TPSA) is 41.1 Å². The van der Waals surface area contributed by atoms with Gasteiger partial charge >= 0.3 is 0 Å². The minimum absolute atomic E-state index is 0.218. The van der Waals surface area contributed by atoms with E-state index in [1.807, 2.05) is 0 Å². The summed E-state index contributed by atoms with van der Waals surface area (Å²) in [6.45, 7) is 3.16. The molecule has 2 atom stereocenters. The Morgan fingerprint density at radius 1 is 1.18 bits per heavy atom. The fourth-order valence-corrected chi connectivity index (χ4v) is 3.26. The Morgan fingerprint density at radius 2 is 1.94 bits per heavy atom. The van der Waals surface area contributed by atoms with Gasteiger partial charge in [-0.15, -0.1) is 0 Å². The normalized spacial score (nSPS) is 29.5. The highest BCUT2D eigenvalue weighted by Gasteiger charge is 2.24. The maximum absolute atomic E-state index is 11.5. The van der Waals surface area contributed by atoms with Crippen LogP contribution >= 0.6 is 0 Å². The molecule has 0 radical (unpaired) electrons. The third-order valence-corrected chi connectivity index (χ3v) is 4.34. The monoisotopic (exact) mass is 238 g/mol. The summed E-state index contributed by atoms with van der Waals surface area (Å²) in [5.74, 6) is 1.05. The van der Waals surface area contributed by atoms with Crippen molar-refractivity contribution in [2.45, 2.75) is 70.4 Å². The summed E-state index contributed by atoms with van der Waals surface area (Å²) in [6, 6.07) is 0.973. The molecule has 3 heteroatoms. The summed E-state index contributed by atoms with van der Waals surface area (Å²) in [5, 5.41) is 6.65. The Kier molecular flexibility index (Phi) is 4.84. The van der Waals surface area contributed by atoms with Crippen LogP contribution in [0.3, 0.4) is 0 Å². The van der Waals surface area contributed by atoms with E-state index in [2.05, 4.69) is 17.6 Å². The van der Waals surface area contributed by atoms with Crippen LogP contribution < -0.4 is 10.6 Å². The number of carbonyl (C=O) groups is 1. The van der Waals surface area contributed by atoms with Crippen LogP contribution in [0.5, 0.6) is 0 Å². The maximum atomic E-state index is 11.5. The molecule has 3 nitrogen and oxygen atoms in total. The lowest BCUT2D eigenvalue weighted by molar-refractivity contribution is -0.121.